The maximum atomic E-state index is 13.1. The van der Waals surface area contributed by atoms with Gasteiger partial charge >= 0.3 is 0 Å². The van der Waals surface area contributed by atoms with Crippen molar-refractivity contribution in [2.75, 3.05) is 14.2 Å². The molecule has 1 atom stereocenters. The summed E-state index contributed by atoms with van der Waals surface area (Å²) in [4.78, 5) is 36.1. The first kappa shape index (κ1) is 24.4. The summed E-state index contributed by atoms with van der Waals surface area (Å²) in [6.07, 6.45) is 3.87. The van der Waals surface area contributed by atoms with Gasteiger partial charge in [-0.3, -0.25) is 14.8 Å². The SMILES string of the molecule is COc1ccc(C(=O)N[C@@H](Cc2cnc[nH]2)c2nc(Cc3ccc(C(=O)NO)cc3)no2)cc1OC. The van der Waals surface area contributed by atoms with Gasteiger partial charge in [0.05, 0.1) is 20.5 Å². The Balaban J connectivity index is 1.52. The van der Waals surface area contributed by atoms with E-state index in [4.69, 9.17) is 19.2 Å². The first-order chi connectivity index (χ1) is 17.5. The first-order valence-electron chi connectivity index (χ1n) is 10.9. The number of rotatable bonds is 10. The van der Waals surface area contributed by atoms with E-state index in [-0.39, 0.29) is 11.8 Å². The Bertz CT molecular complexity index is 1320. The van der Waals surface area contributed by atoms with Crippen molar-refractivity contribution >= 4 is 11.8 Å². The van der Waals surface area contributed by atoms with Gasteiger partial charge in [-0.05, 0) is 35.9 Å². The van der Waals surface area contributed by atoms with Crippen molar-refractivity contribution in [3.8, 4) is 11.5 Å². The van der Waals surface area contributed by atoms with Gasteiger partial charge in [0.25, 0.3) is 11.8 Å². The van der Waals surface area contributed by atoms with Crippen LogP contribution in [0.1, 0.15) is 49.7 Å². The molecule has 186 valence electrons. The van der Waals surface area contributed by atoms with E-state index < -0.39 is 11.9 Å². The molecular formula is C24H24N6O6. The average molecular weight is 492 g/mol. The van der Waals surface area contributed by atoms with Crippen LogP contribution in [0.15, 0.2) is 59.5 Å². The van der Waals surface area contributed by atoms with E-state index in [9.17, 15) is 9.59 Å². The number of benzene rings is 2. The molecule has 2 amide bonds. The average Bonchev–Trinajstić information content (AvgIpc) is 3.60. The molecule has 0 saturated heterocycles. The zero-order valence-electron chi connectivity index (χ0n) is 19.5. The number of nitrogens with one attached hydrogen (secondary N) is 3. The Labute approximate surface area is 205 Å². The van der Waals surface area contributed by atoms with E-state index in [2.05, 4.69) is 25.4 Å². The molecule has 0 spiro atoms. The van der Waals surface area contributed by atoms with Crippen LogP contribution in [-0.4, -0.2) is 51.3 Å². The highest BCUT2D eigenvalue weighted by atomic mass is 16.5. The van der Waals surface area contributed by atoms with Crippen LogP contribution in [0.4, 0.5) is 0 Å². The second kappa shape index (κ2) is 11.1. The minimum absolute atomic E-state index is 0.227. The van der Waals surface area contributed by atoms with Crippen LogP contribution in [0, 0.1) is 0 Å². The van der Waals surface area contributed by atoms with Gasteiger partial charge in [-0.15, -0.1) is 0 Å². The quantitative estimate of drug-likeness (QED) is 0.192. The summed E-state index contributed by atoms with van der Waals surface area (Å²) in [6.45, 7) is 0. The van der Waals surface area contributed by atoms with E-state index in [1.807, 2.05) is 0 Å². The third kappa shape index (κ3) is 5.67. The zero-order chi connectivity index (χ0) is 25.5. The topological polar surface area (TPSA) is 164 Å². The Kier molecular flexibility index (Phi) is 7.56. The normalized spacial score (nSPS) is 11.5. The van der Waals surface area contributed by atoms with E-state index in [1.165, 1.54) is 14.2 Å². The van der Waals surface area contributed by atoms with Gasteiger partial charge in [0.15, 0.2) is 17.3 Å². The smallest absolute Gasteiger partial charge is 0.274 e. The molecule has 2 heterocycles. The van der Waals surface area contributed by atoms with Crippen LogP contribution in [0.2, 0.25) is 0 Å². The van der Waals surface area contributed by atoms with Crippen LogP contribution in [0.5, 0.6) is 11.5 Å². The fraction of sp³-hybridized carbons (Fsp3) is 0.208. The molecule has 0 fully saturated rings. The van der Waals surface area contributed by atoms with Gasteiger partial charge in [-0.2, -0.15) is 4.98 Å². The minimum Gasteiger partial charge on any atom is -0.493 e. The predicted molar refractivity (Wildman–Crippen MR) is 125 cm³/mol. The molecule has 4 N–H and O–H groups in total. The van der Waals surface area contributed by atoms with E-state index >= 15 is 0 Å². The molecule has 4 aromatic rings. The highest BCUT2D eigenvalue weighted by Crippen LogP contribution is 2.28. The van der Waals surface area contributed by atoms with Gasteiger partial charge in [0, 0.05) is 35.9 Å². The Morgan fingerprint density at radius 1 is 1.06 bits per heavy atom. The predicted octanol–water partition coefficient (Wildman–Crippen LogP) is 2.23. The van der Waals surface area contributed by atoms with Crippen LogP contribution in [0.25, 0.3) is 0 Å². The summed E-state index contributed by atoms with van der Waals surface area (Å²) >= 11 is 0. The number of hydroxylamine groups is 1. The molecule has 2 aromatic carbocycles. The van der Waals surface area contributed by atoms with Crippen molar-refractivity contribution in [2.45, 2.75) is 18.9 Å². The molecule has 12 nitrogen and oxygen atoms in total. The minimum atomic E-state index is -0.636. The Hall–Kier alpha value is -4.71. The fourth-order valence-corrected chi connectivity index (χ4v) is 3.54. The summed E-state index contributed by atoms with van der Waals surface area (Å²) in [5.74, 6) is 0.602. The van der Waals surface area contributed by atoms with Crippen molar-refractivity contribution in [3.05, 3.63) is 89.1 Å². The van der Waals surface area contributed by atoms with Crippen LogP contribution >= 0.6 is 0 Å². The standard InChI is InChI=1S/C24H24N6O6/c1-34-19-8-7-16(10-20(19)35-2)22(31)27-18(11-17-12-25-13-26-17)24-28-21(30-36-24)9-14-3-5-15(6-4-14)23(32)29-33/h3-8,10,12-13,18,33H,9,11H2,1-2H3,(H,25,26)(H,27,31)(H,29,32)/t18-/m0/s1. The maximum Gasteiger partial charge on any atom is 0.274 e. The molecule has 0 aliphatic carbocycles. The van der Waals surface area contributed by atoms with Crippen LogP contribution < -0.4 is 20.3 Å². The molecule has 0 bridgehead atoms. The number of hydrogen-bond acceptors (Lipinski definition) is 9. The molecule has 0 saturated carbocycles. The van der Waals surface area contributed by atoms with Crippen molar-refractivity contribution < 1.29 is 28.8 Å². The van der Waals surface area contributed by atoms with E-state index in [0.29, 0.717) is 41.3 Å². The molecule has 2 aromatic heterocycles. The van der Waals surface area contributed by atoms with Crippen molar-refractivity contribution in [3.63, 3.8) is 0 Å². The fourth-order valence-electron chi connectivity index (χ4n) is 3.54. The third-order valence-electron chi connectivity index (χ3n) is 5.39. The van der Waals surface area contributed by atoms with Gasteiger partial charge < -0.3 is 24.3 Å². The molecule has 0 aliphatic heterocycles. The van der Waals surface area contributed by atoms with Gasteiger partial charge in [0.2, 0.25) is 5.89 Å². The molecule has 0 unspecified atom stereocenters. The highest BCUT2D eigenvalue weighted by Gasteiger charge is 2.24. The van der Waals surface area contributed by atoms with Gasteiger partial charge in [-0.1, -0.05) is 17.3 Å². The second-order valence-corrected chi connectivity index (χ2v) is 7.74. The Morgan fingerprint density at radius 2 is 1.81 bits per heavy atom. The van der Waals surface area contributed by atoms with E-state index in [0.717, 1.165) is 11.3 Å². The largest absolute Gasteiger partial charge is 0.493 e. The summed E-state index contributed by atoms with van der Waals surface area (Å²) < 4.78 is 16.0. The van der Waals surface area contributed by atoms with E-state index in [1.54, 1.807) is 60.5 Å². The monoisotopic (exact) mass is 492 g/mol. The molecule has 0 radical (unpaired) electrons. The number of aromatic amines is 1. The molecule has 4 rings (SSSR count). The number of carbonyl (C=O) groups excluding carboxylic acids is 2. The zero-order valence-corrected chi connectivity index (χ0v) is 19.5. The lowest BCUT2D eigenvalue weighted by Gasteiger charge is -2.15. The number of H-pyrrole nitrogens is 1. The summed E-state index contributed by atoms with van der Waals surface area (Å²) in [5, 5.41) is 15.7. The molecule has 36 heavy (non-hydrogen) atoms. The molecule has 0 aliphatic rings. The number of amides is 2. The number of aromatic nitrogens is 4. The van der Waals surface area contributed by atoms with Crippen molar-refractivity contribution in [1.29, 1.82) is 0 Å². The van der Waals surface area contributed by atoms with Gasteiger partial charge in [-0.25, -0.2) is 10.5 Å². The summed E-state index contributed by atoms with van der Waals surface area (Å²) in [5.41, 5.74) is 3.87. The lowest BCUT2D eigenvalue weighted by atomic mass is 10.1. The third-order valence-corrected chi connectivity index (χ3v) is 5.39. The number of carbonyl (C=O) groups is 2. The Morgan fingerprint density at radius 3 is 2.47 bits per heavy atom. The maximum absolute atomic E-state index is 13.1. The number of imidazole rings is 1. The number of methoxy groups -OCH3 is 2. The number of ether oxygens (including phenoxy) is 2. The summed E-state index contributed by atoms with van der Waals surface area (Å²) in [7, 11) is 3.01. The highest BCUT2D eigenvalue weighted by molar-refractivity contribution is 5.95. The second-order valence-electron chi connectivity index (χ2n) is 7.74. The van der Waals surface area contributed by atoms with Crippen LogP contribution in [0.3, 0.4) is 0 Å². The first-order valence-corrected chi connectivity index (χ1v) is 10.9. The lowest BCUT2D eigenvalue weighted by Crippen LogP contribution is -2.30. The van der Waals surface area contributed by atoms with Crippen molar-refractivity contribution in [1.82, 2.24) is 30.9 Å². The molecule has 12 heteroatoms. The number of hydrogen-bond donors (Lipinski definition) is 4. The lowest BCUT2D eigenvalue weighted by molar-refractivity contribution is 0.0706. The van der Waals surface area contributed by atoms with Gasteiger partial charge in [0.1, 0.15) is 6.04 Å². The number of nitrogens with zero attached hydrogens (tertiary/aromatic N) is 3. The van der Waals surface area contributed by atoms with Crippen molar-refractivity contribution in [2.24, 2.45) is 0 Å². The molecular weight excluding hydrogens is 468 g/mol. The summed E-state index contributed by atoms with van der Waals surface area (Å²) in [6, 6.07) is 10.8. The van der Waals surface area contributed by atoms with Crippen LogP contribution in [-0.2, 0) is 12.8 Å².